The van der Waals surface area contributed by atoms with Crippen LogP contribution < -0.4 is 5.32 Å². The van der Waals surface area contributed by atoms with Crippen LogP contribution >= 0.6 is 0 Å². The number of ether oxygens (including phenoxy) is 4. The second kappa shape index (κ2) is 10.2. The average Bonchev–Trinajstić information content (AvgIpc) is 2.49. The summed E-state index contributed by atoms with van der Waals surface area (Å²) in [6, 6.07) is -0.716. The average molecular weight is 387 g/mol. The maximum Gasteiger partial charge on any atom is 0.303 e. The van der Waals surface area contributed by atoms with E-state index in [0.717, 1.165) is 0 Å². The third-order valence-corrected chi connectivity index (χ3v) is 3.92. The van der Waals surface area contributed by atoms with Crippen LogP contribution in [-0.4, -0.2) is 60.9 Å². The Bertz CT molecular complexity index is 562. The molecule has 154 valence electrons. The van der Waals surface area contributed by atoms with Crippen molar-refractivity contribution in [3.05, 3.63) is 0 Å². The molecule has 5 atom stereocenters. The minimum atomic E-state index is -1.04. The quantitative estimate of drug-likeness (QED) is 0.502. The fourth-order valence-corrected chi connectivity index (χ4v) is 3.09. The van der Waals surface area contributed by atoms with Crippen LogP contribution in [0.15, 0.2) is 0 Å². The van der Waals surface area contributed by atoms with Crippen molar-refractivity contribution in [3.63, 3.8) is 0 Å². The van der Waals surface area contributed by atoms with Crippen molar-refractivity contribution in [2.45, 2.75) is 78.4 Å². The van der Waals surface area contributed by atoms with Gasteiger partial charge in [0, 0.05) is 27.7 Å². The van der Waals surface area contributed by atoms with Crippen molar-refractivity contribution >= 4 is 23.8 Å². The van der Waals surface area contributed by atoms with Crippen molar-refractivity contribution in [3.8, 4) is 0 Å². The molecule has 0 bridgehead atoms. The number of nitrogens with one attached hydrogen (secondary N) is 1. The molecular weight excluding hydrogens is 358 g/mol. The number of rotatable bonds is 7. The Morgan fingerprint density at radius 1 is 0.889 bits per heavy atom. The highest BCUT2D eigenvalue weighted by atomic mass is 16.6. The van der Waals surface area contributed by atoms with Gasteiger partial charge in [0.25, 0.3) is 0 Å². The summed E-state index contributed by atoms with van der Waals surface area (Å²) in [5, 5.41) is 2.74. The van der Waals surface area contributed by atoms with Crippen LogP contribution in [0.3, 0.4) is 0 Å². The molecule has 0 radical (unpaired) electrons. The molecule has 0 spiro atoms. The van der Waals surface area contributed by atoms with Crippen LogP contribution in [0.1, 0.15) is 48.0 Å². The van der Waals surface area contributed by atoms with E-state index in [-0.39, 0.29) is 18.4 Å². The Balaban J connectivity index is 3.27. The van der Waals surface area contributed by atoms with Gasteiger partial charge in [-0.25, -0.2) is 0 Å². The number of esters is 3. The Labute approximate surface area is 159 Å². The highest BCUT2D eigenvalue weighted by molar-refractivity contribution is 5.73. The van der Waals surface area contributed by atoms with Gasteiger partial charge in [0.05, 0.1) is 12.1 Å². The van der Waals surface area contributed by atoms with Gasteiger partial charge in [-0.3, -0.25) is 19.2 Å². The lowest BCUT2D eigenvalue weighted by Gasteiger charge is -2.45. The van der Waals surface area contributed by atoms with Crippen LogP contribution in [0.4, 0.5) is 0 Å². The molecule has 27 heavy (non-hydrogen) atoms. The van der Waals surface area contributed by atoms with Gasteiger partial charge >= 0.3 is 17.9 Å². The molecule has 1 heterocycles. The summed E-state index contributed by atoms with van der Waals surface area (Å²) in [4.78, 5) is 46.2. The molecule has 1 N–H and O–H groups in total. The van der Waals surface area contributed by atoms with Gasteiger partial charge in [-0.2, -0.15) is 0 Å². The van der Waals surface area contributed by atoms with E-state index in [2.05, 4.69) is 5.32 Å². The molecule has 9 heteroatoms. The Hall–Kier alpha value is -2.16. The van der Waals surface area contributed by atoms with Crippen LogP contribution in [0.2, 0.25) is 0 Å². The van der Waals surface area contributed by atoms with Crippen LogP contribution in [0.25, 0.3) is 0 Å². The third kappa shape index (κ3) is 7.54. The Morgan fingerprint density at radius 3 is 1.89 bits per heavy atom. The molecule has 0 aliphatic carbocycles. The summed E-state index contributed by atoms with van der Waals surface area (Å²) in [7, 11) is 0. The Kier molecular flexibility index (Phi) is 8.68. The van der Waals surface area contributed by atoms with E-state index in [1.807, 2.05) is 13.8 Å². The number of hydrogen-bond donors (Lipinski definition) is 1. The third-order valence-electron chi connectivity index (χ3n) is 3.92. The Morgan fingerprint density at radius 2 is 1.44 bits per heavy atom. The fourth-order valence-electron chi connectivity index (χ4n) is 3.09. The zero-order valence-corrected chi connectivity index (χ0v) is 16.6. The van der Waals surface area contributed by atoms with E-state index < -0.39 is 48.4 Å². The second-order valence-electron chi connectivity index (χ2n) is 7.02. The molecule has 9 nitrogen and oxygen atoms in total. The van der Waals surface area contributed by atoms with Gasteiger partial charge in [0.15, 0.2) is 12.2 Å². The van der Waals surface area contributed by atoms with Crippen LogP contribution in [0.5, 0.6) is 0 Å². The van der Waals surface area contributed by atoms with Gasteiger partial charge in [0.1, 0.15) is 12.7 Å². The summed E-state index contributed by atoms with van der Waals surface area (Å²) in [5.41, 5.74) is 0. The highest BCUT2D eigenvalue weighted by Gasteiger charge is 2.50. The molecule has 3 unspecified atom stereocenters. The highest BCUT2D eigenvalue weighted by Crippen LogP contribution is 2.30. The van der Waals surface area contributed by atoms with E-state index in [9.17, 15) is 19.2 Å². The zero-order valence-electron chi connectivity index (χ0n) is 16.6. The predicted octanol–water partition coefficient (Wildman–Crippen LogP) is 0.731. The number of carbonyl (C=O) groups excluding carboxylic acids is 4. The van der Waals surface area contributed by atoms with Crippen molar-refractivity contribution in [1.82, 2.24) is 5.32 Å². The van der Waals surface area contributed by atoms with Gasteiger partial charge in [0.2, 0.25) is 5.91 Å². The normalized spacial score (nSPS) is 27.6. The molecule has 0 aromatic rings. The number of carbonyl (C=O) groups is 4. The van der Waals surface area contributed by atoms with Gasteiger partial charge < -0.3 is 24.3 Å². The van der Waals surface area contributed by atoms with Crippen molar-refractivity contribution < 1.29 is 38.1 Å². The molecule has 0 aromatic heterocycles. The molecule has 0 saturated carbocycles. The first-order valence-electron chi connectivity index (χ1n) is 8.91. The summed E-state index contributed by atoms with van der Waals surface area (Å²) in [5.74, 6) is -1.85. The predicted molar refractivity (Wildman–Crippen MR) is 93.5 cm³/mol. The summed E-state index contributed by atoms with van der Waals surface area (Å²) in [6.07, 6.45) is -2.83. The molecule has 1 aliphatic rings. The zero-order chi connectivity index (χ0) is 20.7. The molecule has 0 aromatic carbocycles. The lowest BCUT2D eigenvalue weighted by Crippen LogP contribution is -2.66. The van der Waals surface area contributed by atoms with E-state index in [0.29, 0.717) is 6.42 Å². The monoisotopic (exact) mass is 387 g/mol. The minimum Gasteiger partial charge on any atom is -0.463 e. The molecule has 1 aliphatic heterocycles. The lowest BCUT2D eigenvalue weighted by molar-refractivity contribution is -0.225. The molecular formula is C18H29NO8. The standard InChI is InChI=1S/C18H29NO8/c1-9(2)7-14-16(19-10(3)20)18(26-13(6)23)17(25-12(5)22)15(27-14)8-24-11(4)21/h9,14-18H,7-8H2,1-6H3,(H,19,20)/t14-,15?,16?,17-,18?/m0/s1. The van der Waals surface area contributed by atoms with E-state index in [1.54, 1.807) is 0 Å². The molecule has 1 saturated heterocycles. The first kappa shape index (κ1) is 22.9. The number of amides is 1. The SMILES string of the molecule is CC(=O)NC1C(OC(C)=O)[C@@H](OC(C)=O)C(COC(C)=O)O[C@H]1CC(C)C. The minimum absolute atomic E-state index is 0.174. The van der Waals surface area contributed by atoms with Crippen molar-refractivity contribution in [1.29, 1.82) is 0 Å². The summed E-state index contributed by atoms with van der Waals surface area (Å²) in [6.45, 7) is 8.81. The lowest BCUT2D eigenvalue weighted by atomic mass is 9.88. The first-order chi connectivity index (χ1) is 12.5. The largest absolute Gasteiger partial charge is 0.463 e. The maximum atomic E-state index is 11.7. The van der Waals surface area contributed by atoms with Crippen LogP contribution in [-0.2, 0) is 38.1 Å². The topological polar surface area (TPSA) is 117 Å². The van der Waals surface area contributed by atoms with Gasteiger partial charge in [-0.1, -0.05) is 13.8 Å². The number of hydrogen-bond acceptors (Lipinski definition) is 8. The maximum absolute atomic E-state index is 11.7. The van der Waals surface area contributed by atoms with Crippen molar-refractivity contribution in [2.75, 3.05) is 6.61 Å². The van der Waals surface area contributed by atoms with Crippen LogP contribution in [0, 0.1) is 5.92 Å². The summed E-state index contributed by atoms with van der Waals surface area (Å²) < 4.78 is 21.8. The first-order valence-corrected chi connectivity index (χ1v) is 8.91. The van der Waals surface area contributed by atoms with Gasteiger partial charge in [-0.15, -0.1) is 0 Å². The van der Waals surface area contributed by atoms with Crippen molar-refractivity contribution in [2.24, 2.45) is 5.92 Å². The molecule has 1 amide bonds. The van der Waals surface area contributed by atoms with Gasteiger partial charge in [-0.05, 0) is 12.3 Å². The van der Waals surface area contributed by atoms with E-state index in [1.165, 1.54) is 27.7 Å². The molecule has 1 fully saturated rings. The van der Waals surface area contributed by atoms with E-state index >= 15 is 0 Å². The smallest absolute Gasteiger partial charge is 0.303 e. The second-order valence-corrected chi connectivity index (χ2v) is 7.02. The fraction of sp³-hybridized carbons (Fsp3) is 0.778. The summed E-state index contributed by atoms with van der Waals surface area (Å²) >= 11 is 0. The van der Waals surface area contributed by atoms with E-state index in [4.69, 9.17) is 18.9 Å². The molecule has 1 rings (SSSR count).